The summed E-state index contributed by atoms with van der Waals surface area (Å²) in [4.78, 5) is 33.7. The van der Waals surface area contributed by atoms with E-state index in [0.717, 1.165) is 4.57 Å². The first-order valence-corrected chi connectivity index (χ1v) is 4.49. The molecule has 1 heterocycles. The number of rotatable bonds is 3. The van der Waals surface area contributed by atoms with Gasteiger partial charge < -0.3 is 10.3 Å². The van der Waals surface area contributed by atoms with Gasteiger partial charge in [-0.3, -0.25) is 14.2 Å². The first kappa shape index (κ1) is 11.2. The van der Waals surface area contributed by atoms with Gasteiger partial charge in [-0.25, -0.2) is 4.79 Å². The molecule has 1 aromatic heterocycles. The van der Waals surface area contributed by atoms with Gasteiger partial charge in [0.25, 0.3) is 5.56 Å². The summed E-state index contributed by atoms with van der Waals surface area (Å²) in [6.45, 7) is 1.59. The predicted molar refractivity (Wildman–Crippen MR) is 54.3 cm³/mol. The molecule has 15 heavy (non-hydrogen) atoms. The molecule has 0 aliphatic heterocycles. The molecular formula is C9H13N3O3. The van der Waals surface area contributed by atoms with Gasteiger partial charge in [-0.05, 0) is 0 Å². The summed E-state index contributed by atoms with van der Waals surface area (Å²) in [5, 5.41) is 0. The lowest BCUT2D eigenvalue weighted by Crippen LogP contribution is -2.41. The van der Waals surface area contributed by atoms with E-state index in [4.69, 9.17) is 5.73 Å². The minimum absolute atomic E-state index is 0.0156. The molecule has 0 bridgehead atoms. The molecule has 6 heteroatoms. The van der Waals surface area contributed by atoms with Crippen molar-refractivity contribution in [3.05, 3.63) is 33.1 Å². The lowest BCUT2D eigenvalue weighted by atomic mass is 10.2. The molecule has 0 fully saturated rings. The molecule has 1 amide bonds. The number of aromatic nitrogens is 2. The van der Waals surface area contributed by atoms with Crippen LogP contribution in [0.25, 0.3) is 0 Å². The third kappa shape index (κ3) is 2.34. The third-order valence-electron chi connectivity index (χ3n) is 2.18. The third-order valence-corrected chi connectivity index (χ3v) is 2.18. The second kappa shape index (κ2) is 4.12. The smallest absolute Gasteiger partial charge is 0.330 e. The largest absolute Gasteiger partial charge is 0.369 e. The van der Waals surface area contributed by atoms with Crippen LogP contribution in [-0.2, 0) is 18.4 Å². The van der Waals surface area contributed by atoms with Gasteiger partial charge in [0.1, 0.15) is 0 Å². The van der Waals surface area contributed by atoms with Gasteiger partial charge in [0, 0.05) is 25.9 Å². The number of nitrogens with two attached hydrogens (primary N) is 1. The number of hydrogen-bond acceptors (Lipinski definition) is 3. The van der Waals surface area contributed by atoms with Crippen LogP contribution in [0.15, 0.2) is 21.9 Å². The van der Waals surface area contributed by atoms with Gasteiger partial charge in [-0.2, -0.15) is 0 Å². The number of primary amides is 1. The summed E-state index contributed by atoms with van der Waals surface area (Å²) in [6.07, 6.45) is 1.39. The number of nitrogens with zero attached hydrogens (tertiary/aromatic N) is 2. The fourth-order valence-electron chi connectivity index (χ4n) is 1.15. The minimum Gasteiger partial charge on any atom is -0.369 e. The predicted octanol–water partition coefficient (Wildman–Crippen LogP) is -1.33. The SMILES string of the molecule is CC(Cn1c(=O)ccn(C)c1=O)C(N)=O. The molecule has 1 atom stereocenters. The Morgan fingerprint density at radius 1 is 1.53 bits per heavy atom. The Morgan fingerprint density at radius 2 is 2.13 bits per heavy atom. The molecule has 1 unspecified atom stereocenters. The number of carbonyl (C=O) groups excluding carboxylic acids is 1. The normalized spacial score (nSPS) is 12.4. The second-order valence-corrected chi connectivity index (χ2v) is 3.46. The quantitative estimate of drug-likeness (QED) is 0.671. The molecule has 0 radical (unpaired) electrons. The maximum absolute atomic E-state index is 11.5. The highest BCUT2D eigenvalue weighted by atomic mass is 16.2. The van der Waals surface area contributed by atoms with Gasteiger partial charge in [0.05, 0.1) is 5.92 Å². The van der Waals surface area contributed by atoms with Crippen molar-refractivity contribution in [2.45, 2.75) is 13.5 Å². The van der Waals surface area contributed by atoms with E-state index >= 15 is 0 Å². The molecule has 1 aromatic rings. The van der Waals surface area contributed by atoms with E-state index in [1.807, 2.05) is 0 Å². The molecule has 0 aromatic carbocycles. The summed E-state index contributed by atoms with van der Waals surface area (Å²) < 4.78 is 2.27. The zero-order valence-electron chi connectivity index (χ0n) is 8.64. The van der Waals surface area contributed by atoms with E-state index in [2.05, 4.69) is 0 Å². The van der Waals surface area contributed by atoms with E-state index in [9.17, 15) is 14.4 Å². The van der Waals surface area contributed by atoms with Crippen molar-refractivity contribution in [3.63, 3.8) is 0 Å². The van der Waals surface area contributed by atoms with Crippen LogP contribution < -0.4 is 17.0 Å². The molecule has 82 valence electrons. The van der Waals surface area contributed by atoms with Crippen LogP contribution in [0.2, 0.25) is 0 Å². The number of carbonyl (C=O) groups is 1. The fourth-order valence-corrected chi connectivity index (χ4v) is 1.15. The molecule has 0 spiro atoms. The molecule has 0 saturated carbocycles. The molecular weight excluding hydrogens is 198 g/mol. The molecule has 0 aliphatic carbocycles. The van der Waals surface area contributed by atoms with Gasteiger partial charge in [0.15, 0.2) is 0 Å². The Kier molecular flexibility index (Phi) is 3.08. The number of amides is 1. The minimum atomic E-state index is -0.544. The Labute approximate surface area is 85.9 Å². The zero-order chi connectivity index (χ0) is 11.6. The fraction of sp³-hybridized carbons (Fsp3) is 0.444. The van der Waals surface area contributed by atoms with Crippen molar-refractivity contribution in [2.24, 2.45) is 18.7 Å². The van der Waals surface area contributed by atoms with Crippen LogP contribution in [0, 0.1) is 5.92 Å². The molecule has 1 rings (SSSR count). The summed E-state index contributed by atoms with van der Waals surface area (Å²) in [5.74, 6) is -1.08. The standard InChI is InChI=1S/C9H13N3O3/c1-6(8(10)14)5-12-7(13)3-4-11(2)9(12)15/h3-4,6H,5H2,1-2H3,(H2,10,14). The van der Waals surface area contributed by atoms with Gasteiger partial charge in [-0.15, -0.1) is 0 Å². The molecule has 0 saturated heterocycles. The zero-order valence-corrected chi connectivity index (χ0v) is 8.64. The Morgan fingerprint density at radius 3 is 2.67 bits per heavy atom. The highest BCUT2D eigenvalue weighted by Crippen LogP contribution is 1.94. The maximum Gasteiger partial charge on any atom is 0.330 e. The van der Waals surface area contributed by atoms with Crippen molar-refractivity contribution >= 4 is 5.91 Å². The molecule has 0 aliphatic rings. The average Bonchev–Trinajstić information content (AvgIpc) is 2.18. The first-order valence-electron chi connectivity index (χ1n) is 4.49. The lowest BCUT2D eigenvalue weighted by Gasteiger charge is -2.09. The van der Waals surface area contributed by atoms with E-state index in [1.165, 1.54) is 23.9 Å². The summed E-state index contributed by atoms with van der Waals surface area (Å²) in [7, 11) is 1.53. The molecule has 2 N–H and O–H groups in total. The van der Waals surface area contributed by atoms with Crippen molar-refractivity contribution < 1.29 is 4.79 Å². The number of hydrogen-bond donors (Lipinski definition) is 1. The highest BCUT2D eigenvalue weighted by molar-refractivity contribution is 5.76. The van der Waals surface area contributed by atoms with Crippen LogP contribution in [0.3, 0.4) is 0 Å². The maximum atomic E-state index is 11.5. The highest BCUT2D eigenvalue weighted by Gasteiger charge is 2.12. The van der Waals surface area contributed by atoms with Crippen LogP contribution in [0.5, 0.6) is 0 Å². The summed E-state index contributed by atoms with van der Waals surface area (Å²) in [5.41, 5.74) is 4.19. The van der Waals surface area contributed by atoms with E-state index < -0.39 is 23.1 Å². The van der Waals surface area contributed by atoms with Crippen molar-refractivity contribution in [3.8, 4) is 0 Å². The summed E-state index contributed by atoms with van der Waals surface area (Å²) in [6, 6.07) is 1.27. The van der Waals surface area contributed by atoms with Crippen LogP contribution >= 0.6 is 0 Å². The van der Waals surface area contributed by atoms with E-state index in [-0.39, 0.29) is 6.54 Å². The van der Waals surface area contributed by atoms with E-state index in [1.54, 1.807) is 6.92 Å². The van der Waals surface area contributed by atoms with Gasteiger partial charge in [0.2, 0.25) is 5.91 Å². The Balaban J connectivity index is 3.15. The molecule has 6 nitrogen and oxygen atoms in total. The average molecular weight is 211 g/mol. The van der Waals surface area contributed by atoms with Crippen molar-refractivity contribution in [2.75, 3.05) is 0 Å². The lowest BCUT2D eigenvalue weighted by molar-refractivity contribution is -0.121. The van der Waals surface area contributed by atoms with E-state index in [0.29, 0.717) is 0 Å². The first-order chi connectivity index (χ1) is 6.93. The van der Waals surface area contributed by atoms with Crippen LogP contribution in [0.1, 0.15) is 6.92 Å². The van der Waals surface area contributed by atoms with Crippen molar-refractivity contribution in [1.82, 2.24) is 9.13 Å². The van der Waals surface area contributed by atoms with Crippen molar-refractivity contribution in [1.29, 1.82) is 0 Å². The summed E-state index contributed by atoms with van der Waals surface area (Å²) >= 11 is 0. The monoisotopic (exact) mass is 211 g/mol. The second-order valence-electron chi connectivity index (χ2n) is 3.46. The Hall–Kier alpha value is -1.85. The van der Waals surface area contributed by atoms with Gasteiger partial charge in [-0.1, -0.05) is 6.92 Å². The number of aryl methyl sites for hydroxylation is 1. The topological polar surface area (TPSA) is 87.1 Å². The Bertz CT molecular complexity index is 486. The van der Waals surface area contributed by atoms with Gasteiger partial charge >= 0.3 is 5.69 Å². The van der Waals surface area contributed by atoms with Crippen LogP contribution in [-0.4, -0.2) is 15.0 Å². The van der Waals surface area contributed by atoms with Crippen LogP contribution in [0.4, 0.5) is 0 Å².